The second-order valence-corrected chi connectivity index (χ2v) is 5.83. The minimum atomic E-state index is -0.376. The van der Waals surface area contributed by atoms with Crippen LogP contribution in [0.3, 0.4) is 0 Å². The van der Waals surface area contributed by atoms with Gasteiger partial charge in [-0.1, -0.05) is 24.1 Å². The van der Waals surface area contributed by atoms with Crippen molar-refractivity contribution in [1.29, 1.82) is 0 Å². The molecule has 1 amide bonds. The number of halogens is 3. The van der Waals surface area contributed by atoms with Gasteiger partial charge in [0.2, 0.25) is 5.91 Å². The smallest absolute Gasteiger partial charge is 0.226 e. The molecular weight excluding hydrogens is 314 g/mol. The first-order valence-corrected chi connectivity index (χ1v) is 7.30. The van der Waals surface area contributed by atoms with Gasteiger partial charge in [0.15, 0.2) is 0 Å². The number of amides is 1. The van der Waals surface area contributed by atoms with E-state index in [2.05, 4.69) is 0 Å². The fourth-order valence-corrected chi connectivity index (χ4v) is 3.15. The summed E-state index contributed by atoms with van der Waals surface area (Å²) in [5.74, 6) is -0.118. The third kappa shape index (κ3) is 4.09. The highest BCUT2D eigenvalue weighted by molar-refractivity contribution is 6.31. The first-order chi connectivity index (χ1) is 9.54. The van der Waals surface area contributed by atoms with Crippen molar-refractivity contribution in [3.8, 4) is 0 Å². The summed E-state index contributed by atoms with van der Waals surface area (Å²) in [5, 5.41) is 0.353. The maximum absolute atomic E-state index is 13.8. The molecule has 0 aromatic heterocycles. The molecule has 3 nitrogen and oxygen atoms in total. The zero-order valence-electron chi connectivity index (χ0n) is 12.0. The predicted molar refractivity (Wildman–Crippen MR) is 85.0 cm³/mol. The zero-order chi connectivity index (χ0) is 14.7. The predicted octanol–water partition coefficient (Wildman–Crippen LogP) is 3.23. The minimum absolute atomic E-state index is 0. The number of benzene rings is 1. The number of hydrogen-bond acceptors (Lipinski definition) is 2. The Morgan fingerprint density at radius 2 is 2.19 bits per heavy atom. The van der Waals surface area contributed by atoms with Gasteiger partial charge in [0, 0.05) is 30.1 Å². The van der Waals surface area contributed by atoms with Crippen molar-refractivity contribution in [2.45, 2.75) is 25.8 Å². The summed E-state index contributed by atoms with van der Waals surface area (Å²) < 4.78 is 13.8. The van der Waals surface area contributed by atoms with Gasteiger partial charge in [-0.2, -0.15) is 0 Å². The molecule has 118 valence electrons. The maximum atomic E-state index is 13.8. The Hall–Kier alpha value is -0.840. The van der Waals surface area contributed by atoms with Crippen LogP contribution in [0.2, 0.25) is 5.02 Å². The summed E-state index contributed by atoms with van der Waals surface area (Å²) >= 11 is 6.00. The van der Waals surface area contributed by atoms with Crippen molar-refractivity contribution in [2.75, 3.05) is 13.6 Å². The van der Waals surface area contributed by atoms with E-state index in [1.807, 2.05) is 0 Å². The molecule has 1 fully saturated rings. The molecule has 1 saturated carbocycles. The van der Waals surface area contributed by atoms with Gasteiger partial charge >= 0.3 is 0 Å². The van der Waals surface area contributed by atoms with Gasteiger partial charge in [0.25, 0.3) is 0 Å². The van der Waals surface area contributed by atoms with Gasteiger partial charge in [-0.3, -0.25) is 4.79 Å². The Kier molecular flexibility index (Phi) is 6.91. The van der Waals surface area contributed by atoms with Crippen LogP contribution in [0.4, 0.5) is 4.39 Å². The fourth-order valence-electron chi connectivity index (χ4n) is 2.93. The molecule has 2 rings (SSSR count). The summed E-state index contributed by atoms with van der Waals surface area (Å²) in [5.41, 5.74) is 6.08. The first-order valence-electron chi connectivity index (χ1n) is 6.92. The van der Waals surface area contributed by atoms with Crippen LogP contribution in [0.25, 0.3) is 0 Å². The summed E-state index contributed by atoms with van der Waals surface area (Å²) in [6.45, 7) is 0.725. The van der Waals surface area contributed by atoms with Gasteiger partial charge in [-0.15, -0.1) is 12.4 Å². The number of hydrogen-bond donors (Lipinski definition) is 1. The third-order valence-electron chi connectivity index (χ3n) is 4.11. The van der Waals surface area contributed by atoms with Gasteiger partial charge in [-0.25, -0.2) is 4.39 Å². The largest absolute Gasteiger partial charge is 0.341 e. The van der Waals surface area contributed by atoms with Gasteiger partial charge < -0.3 is 10.6 Å². The minimum Gasteiger partial charge on any atom is -0.341 e. The van der Waals surface area contributed by atoms with Crippen LogP contribution < -0.4 is 5.73 Å². The fraction of sp³-hybridized carbons (Fsp3) is 0.533. The quantitative estimate of drug-likeness (QED) is 0.918. The molecule has 1 aromatic carbocycles. The first kappa shape index (κ1) is 18.2. The lowest BCUT2D eigenvalue weighted by Crippen LogP contribution is -2.36. The number of carbonyl (C=O) groups is 1. The topological polar surface area (TPSA) is 46.3 Å². The van der Waals surface area contributed by atoms with Gasteiger partial charge in [0.05, 0.1) is 0 Å². The SMILES string of the molecule is CN(Cc1c(F)cccc1Cl)C(=O)[C@@H]1CCC[C@@H]1CN.Cl. The Bertz CT molecular complexity index is 478. The molecule has 2 N–H and O–H groups in total. The van der Waals surface area contributed by atoms with E-state index in [1.165, 1.54) is 6.07 Å². The summed E-state index contributed by atoms with van der Waals surface area (Å²) in [4.78, 5) is 14.0. The Morgan fingerprint density at radius 1 is 1.48 bits per heavy atom. The van der Waals surface area contributed by atoms with Crippen molar-refractivity contribution in [3.05, 3.63) is 34.6 Å². The van der Waals surface area contributed by atoms with Crippen molar-refractivity contribution in [1.82, 2.24) is 4.90 Å². The summed E-state index contributed by atoms with van der Waals surface area (Å²) in [6, 6.07) is 4.55. The molecule has 0 aliphatic heterocycles. The van der Waals surface area contributed by atoms with E-state index in [4.69, 9.17) is 17.3 Å². The lowest BCUT2D eigenvalue weighted by molar-refractivity contribution is -0.135. The van der Waals surface area contributed by atoms with Crippen LogP contribution in [0.1, 0.15) is 24.8 Å². The summed E-state index contributed by atoms with van der Waals surface area (Å²) in [7, 11) is 1.69. The number of nitrogens with two attached hydrogens (primary N) is 1. The lowest BCUT2D eigenvalue weighted by Gasteiger charge is -2.25. The van der Waals surface area contributed by atoms with Gasteiger partial charge in [0.1, 0.15) is 5.82 Å². The van der Waals surface area contributed by atoms with E-state index in [-0.39, 0.29) is 42.5 Å². The van der Waals surface area contributed by atoms with E-state index in [0.717, 1.165) is 19.3 Å². The monoisotopic (exact) mass is 334 g/mol. The molecule has 0 radical (unpaired) electrons. The van der Waals surface area contributed by atoms with Crippen LogP contribution in [0, 0.1) is 17.7 Å². The van der Waals surface area contributed by atoms with Crippen molar-refractivity contribution < 1.29 is 9.18 Å². The van der Waals surface area contributed by atoms with Gasteiger partial charge in [-0.05, 0) is 37.4 Å². The molecule has 1 aliphatic carbocycles. The molecule has 1 aromatic rings. The highest BCUT2D eigenvalue weighted by Crippen LogP contribution is 2.32. The van der Waals surface area contributed by atoms with Crippen LogP contribution >= 0.6 is 24.0 Å². The van der Waals surface area contributed by atoms with Crippen LogP contribution in [0.5, 0.6) is 0 Å². The molecule has 0 bridgehead atoms. The Morgan fingerprint density at radius 3 is 2.81 bits per heavy atom. The number of rotatable bonds is 4. The molecular formula is C15H21Cl2FN2O. The number of nitrogens with zero attached hydrogens (tertiary/aromatic N) is 1. The van der Waals surface area contributed by atoms with Crippen molar-refractivity contribution in [2.24, 2.45) is 17.6 Å². The van der Waals surface area contributed by atoms with E-state index < -0.39 is 0 Å². The summed E-state index contributed by atoms with van der Waals surface area (Å²) in [6.07, 6.45) is 2.91. The molecule has 0 saturated heterocycles. The average molecular weight is 335 g/mol. The Balaban J connectivity index is 0.00000220. The number of carbonyl (C=O) groups excluding carboxylic acids is 1. The van der Waals surface area contributed by atoms with E-state index >= 15 is 0 Å². The van der Waals surface area contributed by atoms with Crippen molar-refractivity contribution in [3.63, 3.8) is 0 Å². The van der Waals surface area contributed by atoms with E-state index in [1.54, 1.807) is 24.1 Å². The average Bonchev–Trinajstić information content (AvgIpc) is 2.90. The normalized spacial score (nSPS) is 21.0. The highest BCUT2D eigenvalue weighted by Gasteiger charge is 2.33. The molecule has 1 aliphatic rings. The van der Waals surface area contributed by atoms with Crippen LogP contribution in [-0.4, -0.2) is 24.4 Å². The molecule has 0 heterocycles. The standard InChI is InChI=1S/C15H20ClFN2O.ClH/c1-19(9-12-13(16)6-3-7-14(12)17)15(20)11-5-2-4-10(11)8-18;/h3,6-7,10-11H,2,4-5,8-9,18H2,1H3;1H/t10-,11-;/m1./s1. The lowest BCUT2D eigenvalue weighted by atomic mass is 9.94. The van der Waals surface area contributed by atoms with E-state index in [0.29, 0.717) is 17.1 Å². The van der Waals surface area contributed by atoms with Crippen LogP contribution in [0.15, 0.2) is 18.2 Å². The third-order valence-corrected chi connectivity index (χ3v) is 4.47. The van der Waals surface area contributed by atoms with E-state index in [9.17, 15) is 9.18 Å². The zero-order valence-corrected chi connectivity index (χ0v) is 13.6. The molecule has 2 atom stereocenters. The second kappa shape index (κ2) is 7.97. The molecule has 21 heavy (non-hydrogen) atoms. The second-order valence-electron chi connectivity index (χ2n) is 5.43. The van der Waals surface area contributed by atoms with Crippen LogP contribution in [-0.2, 0) is 11.3 Å². The molecule has 6 heteroatoms. The molecule has 0 spiro atoms. The maximum Gasteiger partial charge on any atom is 0.226 e. The van der Waals surface area contributed by atoms with Crippen molar-refractivity contribution >= 4 is 29.9 Å². The highest BCUT2D eigenvalue weighted by atomic mass is 35.5. The molecule has 0 unspecified atom stereocenters. The Labute approximate surface area is 136 Å².